The summed E-state index contributed by atoms with van der Waals surface area (Å²) in [6.07, 6.45) is 2.11. The number of nitrogens with zero attached hydrogens (tertiary/aromatic N) is 2. The lowest BCUT2D eigenvalue weighted by atomic mass is 10.1. The van der Waals surface area contributed by atoms with Crippen LogP contribution in [0.3, 0.4) is 0 Å². The van der Waals surface area contributed by atoms with Gasteiger partial charge in [0.1, 0.15) is 5.69 Å². The number of carbonyl (C=O) groups excluding carboxylic acids is 2. The Labute approximate surface area is 110 Å². The zero-order chi connectivity index (χ0) is 13.1. The molecule has 2 rings (SSSR count). The molecule has 1 saturated heterocycles. The molecule has 1 fully saturated rings. The van der Waals surface area contributed by atoms with E-state index >= 15 is 0 Å². The van der Waals surface area contributed by atoms with Crippen LogP contribution in [0.2, 0.25) is 5.02 Å². The zero-order valence-electron chi connectivity index (χ0n) is 9.93. The summed E-state index contributed by atoms with van der Waals surface area (Å²) >= 11 is 5.81. The Morgan fingerprint density at radius 3 is 3.00 bits per heavy atom. The fraction of sp³-hybridized carbons (Fsp3) is 0.417. The molecule has 0 aromatic carbocycles. The van der Waals surface area contributed by atoms with Crippen LogP contribution in [0.15, 0.2) is 18.3 Å². The highest BCUT2D eigenvalue weighted by atomic mass is 35.5. The van der Waals surface area contributed by atoms with Crippen molar-refractivity contribution >= 4 is 23.5 Å². The maximum atomic E-state index is 12.1. The summed E-state index contributed by atoms with van der Waals surface area (Å²) in [4.78, 5) is 29.1. The molecule has 0 aliphatic carbocycles. The first-order valence-corrected chi connectivity index (χ1v) is 5.98. The predicted octanol–water partition coefficient (Wildman–Crippen LogP) is 1.37. The first-order chi connectivity index (χ1) is 8.61. The molecule has 6 heteroatoms. The topological polar surface area (TPSA) is 59.5 Å². The van der Waals surface area contributed by atoms with Crippen LogP contribution in [-0.2, 0) is 9.53 Å². The molecule has 1 unspecified atom stereocenters. The molecule has 1 amide bonds. The molecule has 5 nitrogen and oxygen atoms in total. The first-order valence-electron chi connectivity index (χ1n) is 5.60. The number of halogens is 1. The molecule has 1 aromatic heterocycles. The van der Waals surface area contributed by atoms with Gasteiger partial charge in [0, 0.05) is 24.3 Å². The summed E-state index contributed by atoms with van der Waals surface area (Å²) in [6.45, 7) is 0.909. The van der Waals surface area contributed by atoms with Crippen LogP contribution in [0.25, 0.3) is 0 Å². The zero-order valence-corrected chi connectivity index (χ0v) is 10.7. The van der Waals surface area contributed by atoms with Gasteiger partial charge in [0.15, 0.2) is 0 Å². The minimum atomic E-state index is -0.274. The summed E-state index contributed by atoms with van der Waals surface area (Å²) < 4.78 is 4.67. The van der Waals surface area contributed by atoms with E-state index in [2.05, 4.69) is 9.72 Å². The molecule has 1 aromatic rings. The van der Waals surface area contributed by atoms with Crippen LogP contribution in [0.4, 0.5) is 0 Å². The van der Waals surface area contributed by atoms with E-state index in [1.165, 1.54) is 19.4 Å². The molecule has 18 heavy (non-hydrogen) atoms. The second kappa shape index (κ2) is 5.35. The minimum absolute atomic E-state index is 0.205. The van der Waals surface area contributed by atoms with E-state index in [0.29, 0.717) is 30.2 Å². The number of pyridine rings is 1. The lowest BCUT2D eigenvalue weighted by Gasteiger charge is -2.15. The van der Waals surface area contributed by atoms with Crippen molar-refractivity contribution in [2.24, 2.45) is 5.92 Å². The van der Waals surface area contributed by atoms with Crippen molar-refractivity contribution in [1.82, 2.24) is 9.88 Å². The van der Waals surface area contributed by atoms with Crippen molar-refractivity contribution in [3.8, 4) is 0 Å². The van der Waals surface area contributed by atoms with Crippen LogP contribution in [0, 0.1) is 5.92 Å². The predicted molar refractivity (Wildman–Crippen MR) is 65.3 cm³/mol. The molecular weight excluding hydrogens is 256 g/mol. The minimum Gasteiger partial charge on any atom is -0.469 e. The highest BCUT2D eigenvalue weighted by molar-refractivity contribution is 6.30. The van der Waals surface area contributed by atoms with Crippen LogP contribution in [-0.4, -0.2) is 42.0 Å². The maximum absolute atomic E-state index is 12.1. The number of likely N-dealkylation sites (tertiary alicyclic amines) is 1. The number of ether oxygens (including phenoxy) is 1. The molecule has 1 atom stereocenters. The second-order valence-electron chi connectivity index (χ2n) is 4.12. The van der Waals surface area contributed by atoms with Crippen LogP contribution in [0.5, 0.6) is 0 Å². The number of amides is 1. The second-order valence-corrected chi connectivity index (χ2v) is 4.56. The van der Waals surface area contributed by atoms with Crippen molar-refractivity contribution in [3.05, 3.63) is 29.0 Å². The number of carbonyl (C=O) groups is 2. The largest absolute Gasteiger partial charge is 0.469 e. The maximum Gasteiger partial charge on any atom is 0.310 e. The average Bonchev–Trinajstić information content (AvgIpc) is 2.86. The number of methoxy groups -OCH3 is 1. The average molecular weight is 269 g/mol. The fourth-order valence-electron chi connectivity index (χ4n) is 1.99. The Morgan fingerprint density at radius 1 is 1.56 bits per heavy atom. The Bertz CT molecular complexity index is 478. The van der Waals surface area contributed by atoms with E-state index in [4.69, 9.17) is 11.6 Å². The van der Waals surface area contributed by atoms with E-state index in [1.807, 2.05) is 0 Å². The quantitative estimate of drug-likeness (QED) is 0.760. The number of hydrogen-bond acceptors (Lipinski definition) is 4. The third kappa shape index (κ3) is 2.61. The highest BCUT2D eigenvalue weighted by Crippen LogP contribution is 2.20. The van der Waals surface area contributed by atoms with Crippen molar-refractivity contribution in [2.45, 2.75) is 6.42 Å². The standard InChI is InChI=1S/C12H13ClN2O3/c1-18-12(17)8-3-5-15(7-8)11(16)10-6-9(13)2-4-14-10/h2,4,6,8H,3,5,7H2,1H3. The van der Waals surface area contributed by atoms with Gasteiger partial charge in [0.25, 0.3) is 5.91 Å². The van der Waals surface area contributed by atoms with Gasteiger partial charge in [-0.25, -0.2) is 0 Å². The molecule has 0 spiro atoms. The normalized spacial score (nSPS) is 18.8. The third-order valence-corrected chi connectivity index (χ3v) is 3.19. The smallest absolute Gasteiger partial charge is 0.310 e. The monoisotopic (exact) mass is 268 g/mol. The number of rotatable bonds is 2. The third-order valence-electron chi connectivity index (χ3n) is 2.95. The van der Waals surface area contributed by atoms with Gasteiger partial charge in [-0.3, -0.25) is 14.6 Å². The van der Waals surface area contributed by atoms with Crippen molar-refractivity contribution < 1.29 is 14.3 Å². The van der Waals surface area contributed by atoms with Gasteiger partial charge in [0.05, 0.1) is 13.0 Å². The van der Waals surface area contributed by atoms with Gasteiger partial charge < -0.3 is 9.64 Å². The van der Waals surface area contributed by atoms with Gasteiger partial charge in [-0.1, -0.05) is 11.6 Å². The number of hydrogen-bond donors (Lipinski definition) is 0. The molecule has 1 aliphatic heterocycles. The summed E-state index contributed by atoms with van der Waals surface area (Å²) in [7, 11) is 1.35. The van der Waals surface area contributed by atoms with Crippen LogP contribution in [0.1, 0.15) is 16.9 Å². The van der Waals surface area contributed by atoms with Crippen molar-refractivity contribution in [3.63, 3.8) is 0 Å². The molecule has 1 aliphatic rings. The highest BCUT2D eigenvalue weighted by Gasteiger charge is 2.32. The van der Waals surface area contributed by atoms with Gasteiger partial charge >= 0.3 is 5.97 Å². The Balaban J connectivity index is 2.06. The number of esters is 1. The number of aromatic nitrogens is 1. The lowest BCUT2D eigenvalue weighted by Crippen LogP contribution is -2.30. The summed E-state index contributed by atoms with van der Waals surface area (Å²) in [5.41, 5.74) is 0.299. The Kier molecular flexibility index (Phi) is 3.81. The first kappa shape index (κ1) is 12.8. The van der Waals surface area contributed by atoms with E-state index in [-0.39, 0.29) is 17.8 Å². The Hall–Kier alpha value is -1.62. The van der Waals surface area contributed by atoms with E-state index < -0.39 is 0 Å². The molecule has 0 N–H and O–H groups in total. The SMILES string of the molecule is COC(=O)C1CCN(C(=O)c2cc(Cl)ccn2)C1. The van der Waals surface area contributed by atoms with Gasteiger partial charge in [0.2, 0.25) is 0 Å². The van der Waals surface area contributed by atoms with Crippen molar-refractivity contribution in [2.75, 3.05) is 20.2 Å². The van der Waals surface area contributed by atoms with Crippen LogP contribution >= 0.6 is 11.6 Å². The van der Waals surface area contributed by atoms with E-state index in [1.54, 1.807) is 11.0 Å². The fourth-order valence-corrected chi connectivity index (χ4v) is 2.15. The molecular formula is C12H13ClN2O3. The summed E-state index contributed by atoms with van der Waals surface area (Å²) in [5, 5.41) is 0.470. The molecule has 2 heterocycles. The van der Waals surface area contributed by atoms with Gasteiger partial charge in [-0.15, -0.1) is 0 Å². The lowest BCUT2D eigenvalue weighted by molar-refractivity contribution is -0.144. The molecule has 0 radical (unpaired) electrons. The molecule has 96 valence electrons. The molecule has 0 bridgehead atoms. The summed E-state index contributed by atoms with van der Waals surface area (Å²) in [6, 6.07) is 3.13. The van der Waals surface area contributed by atoms with E-state index in [9.17, 15) is 9.59 Å². The summed E-state index contributed by atoms with van der Waals surface area (Å²) in [5.74, 6) is -0.716. The van der Waals surface area contributed by atoms with E-state index in [0.717, 1.165) is 0 Å². The van der Waals surface area contributed by atoms with Crippen LogP contribution < -0.4 is 0 Å². The van der Waals surface area contributed by atoms with Gasteiger partial charge in [-0.2, -0.15) is 0 Å². The molecule has 0 saturated carbocycles. The van der Waals surface area contributed by atoms with Crippen molar-refractivity contribution in [1.29, 1.82) is 0 Å². The van der Waals surface area contributed by atoms with Gasteiger partial charge in [-0.05, 0) is 18.6 Å². The Morgan fingerprint density at radius 2 is 2.33 bits per heavy atom.